The normalized spacial score (nSPS) is 15.7. The van der Waals surface area contributed by atoms with Crippen molar-refractivity contribution in [1.82, 2.24) is 0 Å². The van der Waals surface area contributed by atoms with Crippen molar-refractivity contribution in [2.45, 2.75) is 93.2 Å². The molecule has 1 atom stereocenters. The van der Waals surface area contributed by atoms with Crippen molar-refractivity contribution in [3.63, 3.8) is 0 Å². The Bertz CT molecular complexity index is 1230. The van der Waals surface area contributed by atoms with E-state index in [1.54, 1.807) is 23.3 Å². The first-order valence-corrected chi connectivity index (χ1v) is 19.3. The van der Waals surface area contributed by atoms with Crippen LogP contribution in [0.1, 0.15) is 80.4 Å². The van der Waals surface area contributed by atoms with E-state index in [9.17, 15) is 0 Å². The molecule has 0 bridgehead atoms. The maximum absolute atomic E-state index is 3.36. The van der Waals surface area contributed by atoms with Crippen molar-refractivity contribution < 1.29 is 23.3 Å². The average molecular weight is 574 g/mol. The second kappa shape index (κ2) is 12.4. The van der Waals surface area contributed by atoms with Crippen LogP contribution in [0.25, 0.3) is 21.9 Å². The van der Waals surface area contributed by atoms with E-state index in [1.165, 1.54) is 49.7 Å². The zero-order chi connectivity index (χ0) is 27.4. The molecule has 0 aliphatic heterocycles. The van der Waals surface area contributed by atoms with Crippen molar-refractivity contribution >= 4 is 16.2 Å². The van der Waals surface area contributed by atoms with Gasteiger partial charge in [-0.1, -0.05) is 98.1 Å². The van der Waals surface area contributed by atoms with Crippen LogP contribution < -0.4 is 0 Å². The third kappa shape index (κ3) is 8.32. The Morgan fingerprint density at radius 3 is 1.75 bits per heavy atom. The van der Waals surface area contributed by atoms with Gasteiger partial charge in [-0.15, -0.1) is 53.6 Å². The van der Waals surface area contributed by atoms with Gasteiger partial charge in [-0.05, 0) is 22.0 Å². The summed E-state index contributed by atoms with van der Waals surface area (Å²) in [6.07, 6.45) is 3.36. The standard InChI is InChI=1S/C23H27.C9H13.C2H6Si.Zr/c1-22(2,3)18-13-17(14-19(15-18)23(4,5)6)21-12-11-16-9-7-8-10-20(16)21;1-6-5-7(2)9(4)8(6)3;1-3-2;/h7-15H,1-6H3;6H,1-4H3;1-2H3;/q2*-1;;+2. The van der Waals surface area contributed by atoms with E-state index in [1.807, 2.05) is 0 Å². The molecule has 1 aliphatic rings. The van der Waals surface area contributed by atoms with Gasteiger partial charge in [0, 0.05) is 0 Å². The average Bonchev–Trinajstić information content (AvgIpc) is 3.29. The Labute approximate surface area is 237 Å². The van der Waals surface area contributed by atoms with Crippen LogP contribution in [0.15, 0.2) is 71.3 Å². The minimum absolute atomic E-state index is 0.151. The van der Waals surface area contributed by atoms with Crippen molar-refractivity contribution in [3.05, 3.63) is 88.5 Å². The first-order chi connectivity index (χ1) is 16.5. The van der Waals surface area contributed by atoms with E-state index in [0.717, 1.165) is 0 Å². The zero-order valence-electron chi connectivity index (χ0n) is 24.8. The van der Waals surface area contributed by atoms with Gasteiger partial charge in [-0.2, -0.15) is 11.1 Å². The molecule has 0 N–H and O–H groups in total. The van der Waals surface area contributed by atoms with Crippen LogP contribution in [-0.4, -0.2) is 5.43 Å². The molecule has 1 aliphatic carbocycles. The van der Waals surface area contributed by atoms with Crippen LogP contribution in [0.4, 0.5) is 0 Å². The van der Waals surface area contributed by atoms with Gasteiger partial charge < -0.3 is 0 Å². The second-order valence-electron chi connectivity index (χ2n) is 12.4. The Morgan fingerprint density at radius 2 is 1.36 bits per heavy atom. The Balaban J connectivity index is 0.000000290. The quantitative estimate of drug-likeness (QED) is 0.201. The van der Waals surface area contributed by atoms with Crippen LogP contribution in [0.2, 0.25) is 13.1 Å². The van der Waals surface area contributed by atoms with E-state index in [0.29, 0.717) is 5.92 Å². The van der Waals surface area contributed by atoms with E-state index in [2.05, 4.69) is 143 Å². The van der Waals surface area contributed by atoms with E-state index in [-0.39, 0.29) is 16.3 Å². The molecule has 36 heavy (non-hydrogen) atoms. The number of allylic oxidation sites excluding steroid dienone is 4. The maximum atomic E-state index is 3.36. The van der Waals surface area contributed by atoms with Gasteiger partial charge in [0.15, 0.2) is 0 Å². The molecule has 0 heterocycles. The number of rotatable bonds is 1. The van der Waals surface area contributed by atoms with Gasteiger partial charge in [0.25, 0.3) is 0 Å². The first-order valence-electron chi connectivity index (χ1n) is 13.1. The Morgan fingerprint density at radius 1 is 0.861 bits per heavy atom. The predicted molar refractivity (Wildman–Crippen MR) is 160 cm³/mol. The van der Waals surface area contributed by atoms with Crippen LogP contribution in [-0.2, 0) is 34.2 Å². The fraction of sp³-hybridized carbons (Fsp3) is 0.441. The molecule has 1 unspecified atom stereocenters. The monoisotopic (exact) mass is 572 g/mol. The third-order valence-corrected chi connectivity index (χ3v) is 6.89. The second-order valence-corrected chi connectivity index (χ2v) is 21.8. The van der Waals surface area contributed by atoms with Crippen molar-refractivity contribution in [3.8, 4) is 11.1 Å². The van der Waals surface area contributed by atoms with Gasteiger partial charge in [0.1, 0.15) is 0 Å². The van der Waals surface area contributed by atoms with E-state index in [4.69, 9.17) is 0 Å². The molecular weight excluding hydrogens is 528 g/mol. The molecular formula is C34H46SiZr. The SMILES string of the molecule is CC(C)(C)c1cc(-c2c[cH-]c3ccccc23)cc(C(C)(C)C)c1.CC1=[C-]C(C)C(C)=C1C.C[Si](C)=[Zr+2]. The number of hydrogen-bond donors (Lipinski definition) is 0. The Kier molecular flexibility index (Phi) is 10.7. The fourth-order valence-electron chi connectivity index (χ4n) is 4.21. The predicted octanol–water partition coefficient (Wildman–Crippen LogP) is 10.3. The van der Waals surface area contributed by atoms with Gasteiger partial charge in [-0.25, -0.2) is 5.57 Å². The summed E-state index contributed by atoms with van der Waals surface area (Å²) in [6, 6.07) is 20.3. The summed E-state index contributed by atoms with van der Waals surface area (Å²) < 4.78 is 0. The number of benzene rings is 2. The van der Waals surface area contributed by atoms with Gasteiger partial charge >= 0.3 is 41.9 Å². The summed E-state index contributed by atoms with van der Waals surface area (Å²) in [7, 11) is 0. The first kappa shape index (κ1) is 30.9. The van der Waals surface area contributed by atoms with Crippen molar-refractivity contribution in [1.29, 1.82) is 0 Å². The molecule has 3 aromatic rings. The van der Waals surface area contributed by atoms with Crippen LogP contribution in [0, 0.1) is 12.0 Å². The number of hydrogen-bond acceptors (Lipinski definition) is 0. The summed E-state index contributed by atoms with van der Waals surface area (Å²) in [6.45, 7) is 27.0. The molecule has 0 radical (unpaired) electrons. The zero-order valence-corrected chi connectivity index (χ0v) is 28.2. The molecule has 0 amide bonds. The third-order valence-electron chi connectivity index (χ3n) is 6.89. The van der Waals surface area contributed by atoms with Gasteiger partial charge in [0.05, 0.1) is 0 Å². The molecule has 0 saturated heterocycles. The molecule has 190 valence electrons. The molecule has 0 saturated carbocycles. The summed E-state index contributed by atoms with van der Waals surface area (Å²) in [5.41, 5.74) is 10.3. The van der Waals surface area contributed by atoms with Gasteiger partial charge in [0.2, 0.25) is 0 Å². The van der Waals surface area contributed by atoms with Crippen molar-refractivity contribution in [2.75, 3.05) is 0 Å². The summed E-state index contributed by atoms with van der Waals surface area (Å²) in [5.74, 6) is 0.560. The molecule has 0 fully saturated rings. The van der Waals surface area contributed by atoms with Crippen LogP contribution >= 0.6 is 0 Å². The summed E-state index contributed by atoms with van der Waals surface area (Å²) >= 11 is 1.74. The van der Waals surface area contributed by atoms with Crippen molar-refractivity contribution in [2.24, 2.45) is 5.92 Å². The van der Waals surface area contributed by atoms with Crippen LogP contribution in [0.5, 0.6) is 0 Å². The summed E-state index contributed by atoms with van der Waals surface area (Å²) in [4.78, 5) is 0. The molecule has 0 aromatic heterocycles. The molecule has 4 rings (SSSR count). The Hall–Kier alpha value is -1.37. The van der Waals surface area contributed by atoms with Crippen LogP contribution in [0.3, 0.4) is 0 Å². The summed E-state index contributed by atoms with van der Waals surface area (Å²) in [5, 5.41) is 2.67. The fourth-order valence-corrected chi connectivity index (χ4v) is 4.21. The topological polar surface area (TPSA) is 0 Å². The van der Waals surface area contributed by atoms with E-state index < -0.39 is 0 Å². The van der Waals surface area contributed by atoms with E-state index >= 15 is 0 Å². The molecule has 0 nitrogen and oxygen atoms in total. The molecule has 3 aromatic carbocycles. The molecule has 2 heteroatoms. The minimum atomic E-state index is 0.151. The molecule has 0 spiro atoms. The number of fused-ring (bicyclic) bond motifs is 1. The van der Waals surface area contributed by atoms with Gasteiger partial charge in [-0.3, -0.25) is 6.08 Å².